The number of carbonyl (C=O) groups is 1. The highest BCUT2D eigenvalue weighted by molar-refractivity contribution is 7.80. The van der Waals surface area contributed by atoms with Gasteiger partial charge in [-0.25, -0.2) is 0 Å². The van der Waals surface area contributed by atoms with Crippen LogP contribution in [0.25, 0.3) is 0 Å². The van der Waals surface area contributed by atoms with E-state index in [0.29, 0.717) is 22.2 Å². The Balaban J connectivity index is 2.17. The molecule has 1 unspecified atom stereocenters. The molecule has 2 rings (SSSR count). The maximum absolute atomic E-state index is 12.6. The number of amides is 1. The van der Waals surface area contributed by atoms with Crippen LogP contribution in [0.5, 0.6) is 11.5 Å². The molecule has 0 heterocycles. The summed E-state index contributed by atoms with van der Waals surface area (Å²) in [7, 11) is 3.03. The van der Waals surface area contributed by atoms with Crippen molar-refractivity contribution in [1.29, 1.82) is 0 Å². The van der Waals surface area contributed by atoms with Crippen molar-refractivity contribution >= 4 is 86.9 Å². The van der Waals surface area contributed by atoms with E-state index in [9.17, 15) is 4.79 Å². The van der Waals surface area contributed by atoms with E-state index in [1.165, 1.54) is 32.4 Å². The number of halogens is 5. The van der Waals surface area contributed by atoms with Gasteiger partial charge in [0.15, 0.2) is 5.11 Å². The number of methoxy groups -OCH3 is 2. The molecular weight excluding hydrogens is 516 g/mol. The average Bonchev–Trinajstić information content (AvgIpc) is 2.66. The van der Waals surface area contributed by atoms with Gasteiger partial charge in [0.2, 0.25) is 3.79 Å². The molecule has 2 aromatic carbocycles. The molecule has 2 aromatic rings. The Morgan fingerprint density at radius 1 is 1.03 bits per heavy atom. The summed E-state index contributed by atoms with van der Waals surface area (Å²) in [6.07, 6.45) is -1.20. The molecule has 0 aliphatic rings. The van der Waals surface area contributed by atoms with Crippen molar-refractivity contribution in [2.45, 2.75) is 9.96 Å². The topological polar surface area (TPSA) is 71.6 Å². The van der Waals surface area contributed by atoms with E-state index in [2.05, 4.69) is 16.0 Å². The van der Waals surface area contributed by atoms with Gasteiger partial charge in [0.1, 0.15) is 17.7 Å². The molecule has 0 spiro atoms. The molecule has 6 nitrogen and oxygen atoms in total. The minimum absolute atomic E-state index is 0.0559. The van der Waals surface area contributed by atoms with Crippen molar-refractivity contribution in [1.82, 2.24) is 10.6 Å². The zero-order valence-corrected chi connectivity index (χ0v) is 20.2. The van der Waals surface area contributed by atoms with Gasteiger partial charge in [-0.1, -0.05) is 58.0 Å². The smallest absolute Gasteiger partial charge is 0.254 e. The van der Waals surface area contributed by atoms with Crippen molar-refractivity contribution in [2.24, 2.45) is 0 Å². The van der Waals surface area contributed by atoms with Crippen LogP contribution in [0.15, 0.2) is 36.4 Å². The molecule has 0 bridgehead atoms. The third kappa shape index (κ3) is 6.83. The molecule has 12 heteroatoms. The molecule has 1 amide bonds. The van der Waals surface area contributed by atoms with Crippen LogP contribution in [0.2, 0.25) is 10.0 Å². The molecule has 162 valence electrons. The standard InChI is InChI=1S/C18H16Cl5N3O3S/c1-28-10-4-6-14(29-2)13(8-10)24-17(30)26-16(18(21,22)23)25-15(27)11-5-3-9(19)7-12(11)20/h3-8,16H,1-2H3,(H,25,27)(H2,24,26,30). The highest BCUT2D eigenvalue weighted by Gasteiger charge is 2.35. The monoisotopic (exact) mass is 529 g/mol. The fourth-order valence-corrected chi connectivity index (χ4v) is 3.33. The van der Waals surface area contributed by atoms with Crippen LogP contribution in [0.1, 0.15) is 10.4 Å². The first-order valence-corrected chi connectivity index (χ1v) is 10.5. The lowest BCUT2D eigenvalue weighted by molar-refractivity contribution is 0.0934. The highest BCUT2D eigenvalue weighted by Crippen LogP contribution is 2.31. The quantitative estimate of drug-likeness (QED) is 0.263. The lowest BCUT2D eigenvalue weighted by atomic mass is 10.2. The Morgan fingerprint density at radius 3 is 2.30 bits per heavy atom. The lowest BCUT2D eigenvalue weighted by Crippen LogP contribution is -2.56. The molecule has 0 aromatic heterocycles. The molecule has 1 atom stereocenters. The first-order chi connectivity index (χ1) is 14.0. The van der Waals surface area contributed by atoms with Crippen molar-refractivity contribution in [3.8, 4) is 11.5 Å². The van der Waals surface area contributed by atoms with Crippen LogP contribution in [0.3, 0.4) is 0 Å². The van der Waals surface area contributed by atoms with Gasteiger partial charge in [-0.2, -0.15) is 0 Å². The fourth-order valence-electron chi connectivity index (χ4n) is 2.28. The molecule has 30 heavy (non-hydrogen) atoms. The van der Waals surface area contributed by atoms with Gasteiger partial charge in [0.05, 0.1) is 30.5 Å². The largest absolute Gasteiger partial charge is 0.497 e. The summed E-state index contributed by atoms with van der Waals surface area (Å²) in [6, 6.07) is 9.48. The van der Waals surface area contributed by atoms with Crippen molar-refractivity contribution in [3.63, 3.8) is 0 Å². The third-order valence-electron chi connectivity index (χ3n) is 3.71. The number of benzene rings is 2. The summed E-state index contributed by atoms with van der Waals surface area (Å²) >= 11 is 35.3. The van der Waals surface area contributed by atoms with Crippen LogP contribution in [-0.4, -0.2) is 35.2 Å². The highest BCUT2D eigenvalue weighted by atomic mass is 35.6. The summed E-state index contributed by atoms with van der Waals surface area (Å²) in [4.78, 5) is 12.6. The van der Waals surface area contributed by atoms with Crippen molar-refractivity contribution in [2.75, 3.05) is 19.5 Å². The molecule has 0 radical (unpaired) electrons. The zero-order chi connectivity index (χ0) is 22.5. The van der Waals surface area contributed by atoms with Gasteiger partial charge >= 0.3 is 0 Å². The molecule has 0 aliphatic heterocycles. The molecular formula is C18H16Cl5N3O3S. The number of ether oxygens (including phenoxy) is 2. The first-order valence-electron chi connectivity index (χ1n) is 8.17. The number of hydrogen-bond donors (Lipinski definition) is 3. The third-order valence-corrected chi connectivity index (χ3v) is 5.13. The van der Waals surface area contributed by atoms with E-state index in [4.69, 9.17) is 79.7 Å². The van der Waals surface area contributed by atoms with E-state index >= 15 is 0 Å². The Hall–Kier alpha value is -1.35. The number of carbonyl (C=O) groups excluding carboxylic acids is 1. The maximum atomic E-state index is 12.6. The summed E-state index contributed by atoms with van der Waals surface area (Å²) in [5.41, 5.74) is 0.653. The van der Waals surface area contributed by atoms with Gasteiger partial charge in [0.25, 0.3) is 5.91 Å². The summed E-state index contributed by atoms with van der Waals surface area (Å²) in [5.74, 6) is 0.481. The number of anilines is 1. The maximum Gasteiger partial charge on any atom is 0.254 e. The second-order valence-corrected chi connectivity index (χ2v) is 9.36. The molecule has 0 saturated carbocycles. The number of alkyl halides is 3. The number of rotatable bonds is 6. The lowest BCUT2D eigenvalue weighted by Gasteiger charge is -2.28. The summed E-state index contributed by atoms with van der Waals surface area (Å²) in [6.45, 7) is 0. The van der Waals surface area contributed by atoms with Crippen LogP contribution in [0, 0.1) is 0 Å². The van der Waals surface area contributed by atoms with Crippen LogP contribution >= 0.6 is 70.2 Å². The van der Waals surface area contributed by atoms with Crippen LogP contribution in [0.4, 0.5) is 5.69 Å². The first kappa shape index (κ1) is 24.9. The Kier molecular flexibility index (Phi) is 8.97. The second-order valence-electron chi connectivity index (χ2n) is 5.74. The molecule has 3 N–H and O–H groups in total. The van der Waals surface area contributed by atoms with Gasteiger partial charge in [-0.3, -0.25) is 4.79 Å². The van der Waals surface area contributed by atoms with Gasteiger partial charge < -0.3 is 25.4 Å². The van der Waals surface area contributed by atoms with Crippen LogP contribution in [-0.2, 0) is 0 Å². The van der Waals surface area contributed by atoms with Crippen molar-refractivity contribution < 1.29 is 14.3 Å². The van der Waals surface area contributed by atoms with Gasteiger partial charge in [0, 0.05) is 11.1 Å². The molecule has 0 aliphatic carbocycles. The Labute approximate surface area is 204 Å². The van der Waals surface area contributed by atoms with E-state index in [0.717, 1.165) is 0 Å². The number of hydrogen-bond acceptors (Lipinski definition) is 4. The molecule has 0 saturated heterocycles. The predicted octanol–water partition coefficient (Wildman–Crippen LogP) is 5.42. The average molecular weight is 532 g/mol. The minimum atomic E-state index is -1.95. The Morgan fingerprint density at radius 2 is 1.73 bits per heavy atom. The number of nitrogens with one attached hydrogen (secondary N) is 3. The van der Waals surface area contributed by atoms with Crippen molar-refractivity contribution in [3.05, 3.63) is 52.0 Å². The zero-order valence-electron chi connectivity index (χ0n) is 15.6. The second kappa shape index (κ2) is 10.8. The van der Waals surface area contributed by atoms with Gasteiger partial charge in [-0.05, 0) is 42.5 Å². The van der Waals surface area contributed by atoms with Gasteiger partial charge in [-0.15, -0.1) is 0 Å². The minimum Gasteiger partial charge on any atom is -0.497 e. The fraction of sp³-hybridized carbons (Fsp3) is 0.222. The SMILES string of the molecule is COc1ccc(OC)c(NC(=S)NC(NC(=O)c2ccc(Cl)cc2Cl)C(Cl)(Cl)Cl)c1. The van der Waals surface area contributed by atoms with Crippen LogP contribution < -0.4 is 25.4 Å². The van der Waals surface area contributed by atoms with E-state index in [1.807, 2.05) is 0 Å². The summed E-state index contributed by atoms with van der Waals surface area (Å²) in [5, 5.41) is 8.79. The Bertz CT molecular complexity index is 940. The number of thiocarbonyl (C=S) groups is 1. The normalized spacial score (nSPS) is 12.0. The summed E-state index contributed by atoms with van der Waals surface area (Å²) < 4.78 is 8.53. The van der Waals surface area contributed by atoms with E-state index in [1.54, 1.807) is 18.2 Å². The predicted molar refractivity (Wildman–Crippen MR) is 127 cm³/mol. The van der Waals surface area contributed by atoms with E-state index < -0.39 is 15.9 Å². The molecule has 0 fully saturated rings. The van der Waals surface area contributed by atoms with E-state index in [-0.39, 0.29) is 15.7 Å².